The first kappa shape index (κ1) is 13.5. The molecule has 0 N–H and O–H groups in total. The average molecular weight is 229 g/mol. The summed E-state index contributed by atoms with van der Waals surface area (Å²) >= 11 is 0. The molecule has 1 aliphatic rings. The lowest BCUT2D eigenvalue weighted by atomic mass is 10.1. The number of morpholine rings is 1. The quantitative estimate of drug-likeness (QED) is 0.686. The summed E-state index contributed by atoms with van der Waals surface area (Å²) in [6.07, 6.45) is 0.456. The molecule has 0 aromatic rings. The summed E-state index contributed by atoms with van der Waals surface area (Å²) in [5.74, 6) is -0.119. The number of esters is 1. The summed E-state index contributed by atoms with van der Waals surface area (Å²) in [6, 6.07) is 0.235. The number of rotatable bonds is 3. The van der Waals surface area contributed by atoms with Crippen LogP contribution in [0.2, 0.25) is 0 Å². The summed E-state index contributed by atoms with van der Waals surface area (Å²) < 4.78 is 10.6. The maximum atomic E-state index is 11.6. The fourth-order valence-corrected chi connectivity index (χ4v) is 1.77. The SMILES string of the molecule is CC(CC(=O)OC(C)(C)C)N1CCOCC1. The normalized spacial score (nSPS) is 20.5. The monoisotopic (exact) mass is 229 g/mol. The molecule has 0 saturated carbocycles. The first-order valence-electron chi connectivity index (χ1n) is 5.92. The minimum absolute atomic E-state index is 0.119. The van der Waals surface area contributed by atoms with Gasteiger partial charge in [-0.15, -0.1) is 0 Å². The van der Waals surface area contributed by atoms with Gasteiger partial charge in [0.05, 0.1) is 19.6 Å². The van der Waals surface area contributed by atoms with Gasteiger partial charge < -0.3 is 9.47 Å². The van der Waals surface area contributed by atoms with Gasteiger partial charge in [-0.25, -0.2) is 0 Å². The van der Waals surface area contributed by atoms with Gasteiger partial charge in [0.1, 0.15) is 5.60 Å². The van der Waals surface area contributed by atoms with Gasteiger partial charge in [0, 0.05) is 19.1 Å². The van der Waals surface area contributed by atoms with E-state index in [1.165, 1.54) is 0 Å². The molecule has 4 heteroatoms. The Labute approximate surface area is 97.9 Å². The lowest BCUT2D eigenvalue weighted by Gasteiger charge is -2.32. The summed E-state index contributed by atoms with van der Waals surface area (Å²) in [5, 5.41) is 0. The van der Waals surface area contributed by atoms with E-state index in [0.29, 0.717) is 6.42 Å². The van der Waals surface area contributed by atoms with E-state index >= 15 is 0 Å². The van der Waals surface area contributed by atoms with Gasteiger partial charge in [0.2, 0.25) is 0 Å². The first-order valence-corrected chi connectivity index (χ1v) is 5.92. The van der Waals surface area contributed by atoms with E-state index in [0.717, 1.165) is 26.3 Å². The molecule has 0 aromatic carbocycles. The summed E-state index contributed by atoms with van der Waals surface area (Å²) in [4.78, 5) is 13.9. The Morgan fingerprint density at radius 2 is 1.94 bits per heavy atom. The van der Waals surface area contributed by atoms with E-state index in [9.17, 15) is 4.79 Å². The van der Waals surface area contributed by atoms with Crippen molar-refractivity contribution in [3.05, 3.63) is 0 Å². The molecule has 1 fully saturated rings. The first-order chi connectivity index (χ1) is 7.38. The molecule has 1 rings (SSSR count). The lowest BCUT2D eigenvalue weighted by molar-refractivity contribution is -0.156. The minimum Gasteiger partial charge on any atom is -0.460 e. The zero-order chi connectivity index (χ0) is 12.2. The van der Waals surface area contributed by atoms with Crippen LogP contribution in [0, 0.1) is 0 Å². The lowest BCUT2D eigenvalue weighted by Crippen LogP contribution is -2.43. The molecular formula is C12H23NO3. The van der Waals surface area contributed by atoms with E-state index in [2.05, 4.69) is 11.8 Å². The highest BCUT2D eigenvalue weighted by Crippen LogP contribution is 2.12. The minimum atomic E-state index is -0.387. The molecular weight excluding hydrogens is 206 g/mol. The van der Waals surface area contributed by atoms with E-state index in [1.807, 2.05) is 20.8 Å². The summed E-state index contributed by atoms with van der Waals surface area (Å²) in [5.41, 5.74) is -0.387. The molecule has 1 atom stereocenters. The molecule has 0 spiro atoms. The predicted octanol–water partition coefficient (Wildman–Crippen LogP) is 1.44. The van der Waals surface area contributed by atoms with E-state index in [1.54, 1.807) is 0 Å². The van der Waals surface area contributed by atoms with Crippen LogP contribution in [-0.4, -0.2) is 48.8 Å². The van der Waals surface area contributed by atoms with Crippen LogP contribution in [-0.2, 0) is 14.3 Å². The molecule has 4 nitrogen and oxygen atoms in total. The second-order valence-corrected chi connectivity index (χ2v) is 5.29. The van der Waals surface area contributed by atoms with Crippen LogP contribution in [0.5, 0.6) is 0 Å². The van der Waals surface area contributed by atoms with Gasteiger partial charge in [0.15, 0.2) is 0 Å². The van der Waals surface area contributed by atoms with Crippen molar-refractivity contribution in [2.75, 3.05) is 26.3 Å². The second kappa shape index (κ2) is 5.64. The number of ether oxygens (including phenoxy) is 2. The molecule has 0 aromatic heterocycles. The highest BCUT2D eigenvalue weighted by molar-refractivity contribution is 5.70. The third kappa shape index (κ3) is 4.94. The van der Waals surface area contributed by atoms with Crippen LogP contribution < -0.4 is 0 Å². The van der Waals surface area contributed by atoms with Crippen molar-refractivity contribution in [1.82, 2.24) is 4.90 Å². The maximum Gasteiger partial charge on any atom is 0.307 e. The van der Waals surface area contributed by atoms with Gasteiger partial charge >= 0.3 is 5.97 Å². The van der Waals surface area contributed by atoms with Crippen LogP contribution in [0.15, 0.2) is 0 Å². The highest BCUT2D eigenvalue weighted by atomic mass is 16.6. The molecule has 1 aliphatic heterocycles. The van der Waals surface area contributed by atoms with Crippen LogP contribution in [0.1, 0.15) is 34.1 Å². The number of carbonyl (C=O) groups excluding carboxylic acids is 1. The third-order valence-corrected chi connectivity index (χ3v) is 2.55. The molecule has 0 aliphatic carbocycles. The number of carbonyl (C=O) groups is 1. The Morgan fingerprint density at radius 1 is 1.38 bits per heavy atom. The predicted molar refractivity (Wildman–Crippen MR) is 62.3 cm³/mol. The van der Waals surface area contributed by atoms with Crippen LogP contribution in [0.3, 0.4) is 0 Å². The Bertz CT molecular complexity index is 229. The molecule has 16 heavy (non-hydrogen) atoms. The van der Waals surface area contributed by atoms with Gasteiger partial charge in [-0.1, -0.05) is 0 Å². The maximum absolute atomic E-state index is 11.6. The second-order valence-electron chi connectivity index (χ2n) is 5.29. The summed E-state index contributed by atoms with van der Waals surface area (Å²) in [7, 11) is 0. The highest BCUT2D eigenvalue weighted by Gasteiger charge is 2.22. The molecule has 0 bridgehead atoms. The molecule has 0 radical (unpaired) electrons. The van der Waals surface area contributed by atoms with Gasteiger partial charge in [-0.2, -0.15) is 0 Å². The average Bonchev–Trinajstić information content (AvgIpc) is 2.16. The van der Waals surface area contributed by atoms with Crippen molar-refractivity contribution in [2.45, 2.75) is 45.8 Å². The van der Waals surface area contributed by atoms with Crippen molar-refractivity contribution in [3.63, 3.8) is 0 Å². The third-order valence-electron chi connectivity index (χ3n) is 2.55. The zero-order valence-electron chi connectivity index (χ0n) is 10.8. The molecule has 94 valence electrons. The molecule has 0 amide bonds. The van der Waals surface area contributed by atoms with E-state index < -0.39 is 0 Å². The zero-order valence-corrected chi connectivity index (χ0v) is 10.8. The number of hydrogen-bond donors (Lipinski definition) is 0. The Hall–Kier alpha value is -0.610. The van der Waals surface area contributed by atoms with E-state index in [-0.39, 0.29) is 17.6 Å². The largest absolute Gasteiger partial charge is 0.460 e. The van der Waals surface area contributed by atoms with Crippen molar-refractivity contribution >= 4 is 5.97 Å². The smallest absolute Gasteiger partial charge is 0.307 e. The molecule has 1 heterocycles. The topological polar surface area (TPSA) is 38.8 Å². The summed E-state index contributed by atoms with van der Waals surface area (Å²) in [6.45, 7) is 11.1. The molecule has 1 unspecified atom stereocenters. The van der Waals surface area contributed by atoms with Crippen molar-refractivity contribution < 1.29 is 14.3 Å². The van der Waals surface area contributed by atoms with Gasteiger partial charge in [-0.05, 0) is 27.7 Å². The van der Waals surface area contributed by atoms with Crippen LogP contribution >= 0.6 is 0 Å². The van der Waals surface area contributed by atoms with Crippen LogP contribution in [0.4, 0.5) is 0 Å². The van der Waals surface area contributed by atoms with Crippen LogP contribution in [0.25, 0.3) is 0 Å². The Balaban J connectivity index is 2.32. The van der Waals surface area contributed by atoms with Crippen molar-refractivity contribution in [3.8, 4) is 0 Å². The van der Waals surface area contributed by atoms with Crippen molar-refractivity contribution in [1.29, 1.82) is 0 Å². The Kier molecular flexibility index (Phi) is 4.74. The van der Waals surface area contributed by atoms with Gasteiger partial charge in [-0.3, -0.25) is 9.69 Å². The Morgan fingerprint density at radius 3 is 2.44 bits per heavy atom. The van der Waals surface area contributed by atoms with Gasteiger partial charge in [0.25, 0.3) is 0 Å². The molecule has 1 saturated heterocycles. The standard InChI is InChI=1S/C12H23NO3/c1-10(13-5-7-15-8-6-13)9-11(14)16-12(2,3)4/h10H,5-9H2,1-4H3. The fourth-order valence-electron chi connectivity index (χ4n) is 1.77. The number of nitrogens with zero attached hydrogens (tertiary/aromatic N) is 1. The van der Waals surface area contributed by atoms with E-state index in [4.69, 9.17) is 9.47 Å². The van der Waals surface area contributed by atoms with Crippen molar-refractivity contribution in [2.24, 2.45) is 0 Å². The number of hydrogen-bond acceptors (Lipinski definition) is 4. The fraction of sp³-hybridized carbons (Fsp3) is 0.917.